The van der Waals surface area contributed by atoms with Gasteiger partial charge in [-0.2, -0.15) is 0 Å². The lowest BCUT2D eigenvalue weighted by Gasteiger charge is -2.14. The van der Waals surface area contributed by atoms with E-state index in [1.165, 1.54) is 0 Å². The SMILES string of the molecule is Cc1ccccc1-c1c(O)c(O)c(Br)c(Br)c1Br. The van der Waals surface area contributed by atoms with Crippen LogP contribution in [0.1, 0.15) is 5.56 Å². The fourth-order valence-corrected chi connectivity index (χ4v) is 3.37. The highest BCUT2D eigenvalue weighted by Crippen LogP contribution is 2.51. The summed E-state index contributed by atoms with van der Waals surface area (Å²) in [7, 11) is 0. The van der Waals surface area contributed by atoms with Crippen LogP contribution >= 0.6 is 47.8 Å². The predicted octanol–water partition coefficient (Wildman–Crippen LogP) is 5.36. The number of hydrogen-bond acceptors (Lipinski definition) is 2. The van der Waals surface area contributed by atoms with Crippen LogP contribution in [0.15, 0.2) is 37.7 Å². The Bertz CT molecular complexity index is 595. The van der Waals surface area contributed by atoms with Crippen molar-refractivity contribution in [3.63, 3.8) is 0 Å². The molecule has 0 heterocycles. The van der Waals surface area contributed by atoms with Gasteiger partial charge in [-0.1, -0.05) is 24.3 Å². The predicted molar refractivity (Wildman–Crippen MR) is 83.0 cm³/mol. The molecule has 0 aliphatic carbocycles. The fourth-order valence-electron chi connectivity index (χ4n) is 1.74. The van der Waals surface area contributed by atoms with Gasteiger partial charge in [0.15, 0.2) is 11.5 Å². The highest BCUT2D eigenvalue weighted by molar-refractivity contribution is 9.14. The van der Waals surface area contributed by atoms with Gasteiger partial charge in [-0.05, 0) is 65.8 Å². The normalized spacial score (nSPS) is 10.7. The van der Waals surface area contributed by atoms with Crippen molar-refractivity contribution in [3.05, 3.63) is 43.2 Å². The van der Waals surface area contributed by atoms with Crippen molar-refractivity contribution in [2.24, 2.45) is 0 Å². The van der Waals surface area contributed by atoms with E-state index in [-0.39, 0.29) is 11.5 Å². The van der Waals surface area contributed by atoms with Crippen LogP contribution in [-0.2, 0) is 0 Å². The first-order valence-corrected chi connectivity index (χ1v) is 7.47. The molecule has 18 heavy (non-hydrogen) atoms. The van der Waals surface area contributed by atoms with E-state index in [4.69, 9.17) is 0 Å². The summed E-state index contributed by atoms with van der Waals surface area (Å²) in [6.07, 6.45) is 0. The van der Waals surface area contributed by atoms with Crippen LogP contribution in [0.2, 0.25) is 0 Å². The first-order valence-electron chi connectivity index (χ1n) is 5.09. The van der Waals surface area contributed by atoms with E-state index < -0.39 is 0 Å². The molecule has 2 rings (SSSR count). The average Bonchev–Trinajstić information content (AvgIpc) is 2.36. The molecule has 0 aliphatic heterocycles. The summed E-state index contributed by atoms with van der Waals surface area (Å²) in [5.74, 6) is -0.324. The number of halogens is 3. The van der Waals surface area contributed by atoms with Crippen LogP contribution in [0.5, 0.6) is 11.5 Å². The maximum atomic E-state index is 10.1. The minimum absolute atomic E-state index is 0.147. The van der Waals surface area contributed by atoms with Gasteiger partial charge in [-0.3, -0.25) is 0 Å². The summed E-state index contributed by atoms with van der Waals surface area (Å²) in [5, 5.41) is 20.0. The quantitative estimate of drug-likeness (QED) is 0.466. The summed E-state index contributed by atoms with van der Waals surface area (Å²) in [4.78, 5) is 0. The van der Waals surface area contributed by atoms with Crippen molar-refractivity contribution in [1.82, 2.24) is 0 Å². The van der Waals surface area contributed by atoms with Gasteiger partial charge in [0.2, 0.25) is 0 Å². The molecule has 2 N–H and O–H groups in total. The molecule has 0 saturated heterocycles. The third-order valence-electron chi connectivity index (χ3n) is 2.69. The number of aromatic hydroxyl groups is 2. The molecule has 0 unspecified atom stereocenters. The van der Waals surface area contributed by atoms with E-state index >= 15 is 0 Å². The molecule has 0 saturated carbocycles. The fraction of sp³-hybridized carbons (Fsp3) is 0.0769. The van der Waals surface area contributed by atoms with Crippen LogP contribution < -0.4 is 0 Å². The maximum absolute atomic E-state index is 10.1. The Hall–Kier alpha value is -0.520. The first-order chi connectivity index (χ1) is 8.45. The molecule has 0 atom stereocenters. The van der Waals surface area contributed by atoms with Gasteiger partial charge in [0.25, 0.3) is 0 Å². The van der Waals surface area contributed by atoms with Gasteiger partial charge in [0.1, 0.15) is 0 Å². The zero-order chi connectivity index (χ0) is 13.4. The Morgan fingerprint density at radius 2 is 1.44 bits per heavy atom. The van der Waals surface area contributed by atoms with Crippen LogP contribution in [0.3, 0.4) is 0 Å². The van der Waals surface area contributed by atoms with E-state index in [2.05, 4.69) is 47.8 Å². The lowest BCUT2D eigenvalue weighted by molar-refractivity contribution is 0.402. The van der Waals surface area contributed by atoms with Crippen LogP contribution in [0, 0.1) is 6.92 Å². The molecular formula is C13H9Br3O2. The summed E-state index contributed by atoms with van der Waals surface area (Å²) < 4.78 is 1.78. The molecule has 0 amide bonds. The number of phenolic OH excluding ortho intramolecular Hbond substituents is 2. The lowest BCUT2D eigenvalue weighted by atomic mass is 9.99. The highest BCUT2D eigenvalue weighted by Gasteiger charge is 2.21. The molecular weight excluding hydrogens is 428 g/mol. The van der Waals surface area contributed by atoms with E-state index in [1.54, 1.807) is 0 Å². The lowest BCUT2D eigenvalue weighted by Crippen LogP contribution is -1.88. The molecule has 2 aromatic carbocycles. The Balaban J connectivity index is 2.85. The first kappa shape index (κ1) is 13.9. The van der Waals surface area contributed by atoms with Gasteiger partial charge < -0.3 is 10.2 Å². The minimum atomic E-state index is -0.177. The molecule has 0 spiro atoms. The molecule has 0 aliphatic rings. The van der Waals surface area contributed by atoms with Crippen LogP contribution in [-0.4, -0.2) is 10.2 Å². The van der Waals surface area contributed by atoms with Crippen LogP contribution in [0.25, 0.3) is 11.1 Å². The molecule has 0 bridgehead atoms. The van der Waals surface area contributed by atoms with E-state index in [0.29, 0.717) is 19.0 Å². The second-order valence-corrected chi connectivity index (χ2v) is 6.21. The number of phenols is 2. The average molecular weight is 437 g/mol. The standard InChI is InChI=1S/C13H9Br3O2/c1-6-4-2-3-5-7(6)8-9(14)10(15)11(16)13(18)12(8)17/h2-5,17-18H,1H3. The summed E-state index contributed by atoms with van der Waals surface area (Å²) >= 11 is 10.0. The van der Waals surface area contributed by atoms with Crippen molar-refractivity contribution < 1.29 is 10.2 Å². The van der Waals surface area contributed by atoms with Crippen molar-refractivity contribution >= 4 is 47.8 Å². The third kappa shape index (κ3) is 2.19. The molecule has 0 aromatic heterocycles. The van der Waals surface area contributed by atoms with Gasteiger partial charge in [0.05, 0.1) is 8.95 Å². The monoisotopic (exact) mass is 434 g/mol. The van der Waals surface area contributed by atoms with E-state index in [0.717, 1.165) is 11.1 Å². The molecule has 2 aromatic rings. The zero-order valence-electron chi connectivity index (χ0n) is 9.34. The minimum Gasteiger partial charge on any atom is -0.504 e. The zero-order valence-corrected chi connectivity index (χ0v) is 14.1. The second kappa shape index (κ2) is 5.23. The van der Waals surface area contributed by atoms with Crippen molar-refractivity contribution in [2.45, 2.75) is 6.92 Å². The Labute approximate surface area is 130 Å². The van der Waals surface area contributed by atoms with Crippen LogP contribution in [0.4, 0.5) is 0 Å². The largest absolute Gasteiger partial charge is 0.504 e. The molecule has 0 fully saturated rings. The van der Waals surface area contributed by atoms with Gasteiger partial charge in [0, 0.05) is 10.0 Å². The smallest absolute Gasteiger partial charge is 0.173 e. The summed E-state index contributed by atoms with van der Waals surface area (Å²) in [6, 6.07) is 7.67. The molecule has 5 heteroatoms. The number of benzene rings is 2. The Morgan fingerprint density at radius 3 is 2.06 bits per heavy atom. The molecule has 2 nitrogen and oxygen atoms in total. The topological polar surface area (TPSA) is 40.5 Å². The Kier molecular flexibility index (Phi) is 4.04. The third-order valence-corrected chi connectivity index (χ3v) is 6.11. The number of aryl methyl sites for hydroxylation is 1. The summed E-state index contributed by atoms with van der Waals surface area (Å²) in [6.45, 7) is 1.95. The Morgan fingerprint density at radius 1 is 0.833 bits per heavy atom. The summed E-state index contributed by atoms with van der Waals surface area (Å²) in [5.41, 5.74) is 2.45. The number of rotatable bonds is 1. The molecule has 94 valence electrons. The van der Waals surface area contributed by atoms with E-state index in [1.807, 2.05) is 31.2 Å². The van der Waals surface area contributed by atoms with Crippen molar-refractivity contribution in [3.8, 4) is 22.6 Å². The van der Waals surface area contributed by atoms with Crippen molar-refractivity contribution in [2.75, 3.05) is 0 Å². The van der Waals surface area contributed by atoms with Crippen molar-refractivity contribution in [1.29, 1.82) is 0 Å². The number of hydrogen-bond donors (Lipinski definition) is 2. The molecule has 0 radical (unpaired) electrons. The van der Waals surface area contributed by atoms with Gasteiger partial charge >= 0.3 is 0 Å². The maximum Gasteiger partial charge on any atom is 0.173 e. The second-order valence-electron chi connectivity index (χ2n) is 3.83. The van der Waals surface area contributed by atoms with E-state index in [9.17, 15) is 10.2 Å². The van der Waals surface area contributed by atoms with Gasteiger partial charge in [-0.25, -0.2) is 0 Å². The highest BCUT2D eigenvalue weighted by atomic mass is 79.9. The van der Waals surface area contributed by atoms with Gasteiger partial charge in [-0.15, -0.1) is 0 Å².